The number of benzene rings is 1. The number of hydrogen-bond acceptors (Lipinski definition) is 9. The molecule has 2 atom stereocenters. The summed E-state index contributed by atoms with van der Waals surface area (Å²) < 4.78 is 21.0. The van der Waals surface area contributed by atoms with E-state index in [9.17, 15) is 19.2 Å². The van der Waals surface area contributed by atoms with E-state index in [4.69, 9.17) is 18.9 Å². The van der Waals surface area contributed by atoms with Crippen LogP contribution >= 0.6 is 0 Å². The van der Waals surface area contributed by atoms with Gasteiger partial charge in [-0.25, -0.2) is 0 Å². The average Bonchev–Trinajstić information content (AvgIpc) is 2.82. The second-order valence-electron chi connectivity index (χ2n) is 8.32. The van der Waals surface area contributed by atoms with Crippen molar-refractivity contribution in [3.63, 3.8) is 0 Å². The summed E-state index contributed by atoms with van der Waals surface area (Å²) in [5.41, 5.74) is 0.663. The first-order chi connectivity index (χ1) is 16.7. The summed E-state index contributed by atoms with van der Waals surface area (Å²) in [5.74, 6) is -1.53. The Balaban J connectivity index is 2.91. The average molecular weight is 494 g/mol. The zero-order valence-corrected chi connectivity index (χ0v) is 21.5. The quantitative estimate of drug-likeness (QED) is 0.209. The van der Waals surface area contributed by atoms with Gasteiger partial charge in [-0.15, -0.1) is 0 Å². The van der Waals surface area contributed by atoms with Gasteiger partial charge in [0, 0.05) is 19.4 Å². The molecule has 0 heterocycles. The summed E-state index contributed by atoms with van der Waals surface area (Å²) in [6, 6.07) is 4.09. The summed E-state index contributed by atoms with van der Waals surface area (Å²) in [5, 5.41) is 3.04. The number of methoxy groups -OCH3 is 1. The van der Waals surface area contributed by atoms with Gasteiger partial charge in [-0.3, -0.25) is 19.2 Å². The van der Waals surface area contributed by atoms with Gasteiger partial charge in [0.25, 0.3) is 0 Å². The lowest BCUT2D eigenvalue weighted by Crippen LogP contribution is -2.41. The number of carbonyl (C=O) groups excluding carboxylic acids is 4. The van der Waals surface area contributed by atoms with Crippen LogP contribution in [0, 0.1) is 5.92 Å². The first-order valence-corrected chi connectivity index (χ1v) is 12.3. The van der Waals surface area contributed by atoms with Crippen molar-refractivity contribution in [1.82, 2.24) is 5.32 Å². The first-order valence-electron chi connectivity index (χ1n) is 12.3. The summed E-state index contributed by atoms with van der Waals surface area (Å²) >= 11 is 0. The van der Waals surface area contributed by atoms with Crippen LogP contribution in [0.5, 0.6) is 11.5 Å². The molecule has 0 saturated heterocycles. The predicted octanol–water partition coefficient (Wildman–Crippen LogP) is 3.75. The molecule has 196 valence electrons. The third-order valence-electron chi connectivity index (χ3n) is 5.15. The molecule has 1 aromatic rings. The van der Waals surface area contributed by atoms with Crippen LogP contribution in [-0.4, -0.2) is 50.2 Å². The monoisotopic (exact) mass is 493 g/mol. The van der Waals surface area contributed by atoms with Crippen molar-refractivity contribution in [3.8, 4) is 11.5 Å². The Morgan fingerprint density at radius 2 is 1.51 bits per heavy atom. The van der Waals surface area contributed by atoms with E-state index in [2.05, 4.69) is 5.32 Å². The fourth-order valence-corrected chi connectivity index (χ4v) is 3.29. The molecule has 1 rings (SSSR count). The lowest BCUT2D eigenvalue weighted by atomic mass is 10.0. The molecule has 0 amide bonds. The molecular weight excluding hydrogens is 454 g/mol. The topological polar surface area (TPSA) is 117 Å². The van der Waals surface area contributed by atoms with E-state index in [1.165, 1.54) is 7.11 Å². The highest BCUT2D eigenvalue weighted by Gasteiger charge is 2.22. The zero-order valence-electron chi connectivity index (χ0n) is 21.5. The smallest absolute Gasteiger partial charge is 0.323 e. The molecule has 0 bridgehead atoms. The van der Waals surface area contributed by atoms with E-state index in [0.717, 1.165) is 12.8 Å². The fraction of sp³-hybridized carbons (Fsp3) is 0.615. The summed E-state index contributed by atoms with van der Waals surface area (Å²) in [6.07, 6.45) is 3.56. The Morgan fingerprint density at radius 1 is 0.886 bits per heavy atom. The van der Waals surface area contributed by atoms with Gasteiger partial charge < -0.3 is 24.3 Å². The van der Waals surface area contributed by atoms with Gasteiger partial charge in [-0.2, -0.15) is 0 Å². The SMILES string of the molecule is CCCC(=O)Oc1ccc(C[C@H](NCCOC(=O)C(C)CCC)C(=O)OC)cc1OC(=O)CCC. The number of carbonyl (C=O) groups is 4. The van der Waals surface area contributed by atoms with Crippen molar-refractivity contribution < 1.29 is 38.1 Å². The summed E-state index contributed by atoms with van der Waals surface area (Å²) in [4.78, 5) is 48.3. The van der Waals surface area contributed by atoms with Gasteiger partial charge >= 0.3 is 23.9 Å². The second-order valence-corrected chi connectivity index (χ2v) is 8.32. The summed E-state index contributed by atoms with van der Waals surface area (Å²) in [6.45, 7) is 7.92. The third-order valence-corrected chi connectivity index (χ3v) is 5.15. The van der Waals surface area contributed by atoms with Crippen LogP contribution in [0.3, 0.4) is 0 Å². The van der Waals surface area contributed by atoms with Crippen LogP contribution in [0.25, 0.3) is 0 Å². The van der Waals surface area contributed by atoms with E-state index >= 15 is 0 Å². The molecule has 9 nitrogen and oxygen atoms in total. The van der Waals surface area contributed by atoms with E-state index in [1.807, 2.05) is 27.7 Å². The fourth-order valence-electron chi connectivity index (χ4n) is 3.29. The van der Waals surface area contributed by atoms with Crippen LogP contribution in [0.15, 0.2) is 18.2 Å². The molecule has 0 aliphatic heterocycles. The maximum absolute atomic E-state index is 12.3. The lowest BCUT2D eigenvalue weighted by molar-refractivity contribution is -0.148. The number of ether oxygens (including phenoxy) is 4. The van der Waals surface area contributed by atoms with E-state index in [0.29, 0.717) is 18.4 Å². The van der Waals surface area contributed by atoms with Gasteiger partial charge in [0.05, 0.1) is 13.0 Å². The van der Waals surface area contributed by atoms with Gasteiger partial charge in [0.15, 0.2) is 11.5 Å². The van der Waals surface area contributed by atoms with Crippen LogP contribution < -0.4 is 14.8 Å². The minimum Gasteiger partial charge on any atom is -0.468 e. The van der Waals surface area contributed by atoms with Crippen molar-refractivity contribution in [1.29, 1.82) is 0 Å². The molecule has 0 spiro atoms. The van der Waals surface area contributed by atoms with Crippen molar-refractivity contribution in [2.75, 3.05) is 20.3 Å². The number of nitrogens with one attached hydrogen (secondary N) is 1. The molecule has 0 saturated carbocycles. The highest BCUT2D eigenvalue weighted by molar-refractivity contribution is 5.77. The van der Waals surface area contributed by atoms with E-state index < -0.39 is 23.9 Å². The Labute approximate surface area is 207 Å². The maximum atomic E-state index is 12.3. The van der Waals surface area contributed by atoms with Crippen LogP contribution in [0.4, 0.5) is 0 Å². The molecular formula is C26H39NO8. The Morgan fingerprint density at radius 3 is 2.09 bits per heavy atom. The number of rotatable bonds is 16. The molecule has 1 unspecified atom stereocenters. The van der Waals surface area contributed by atoms with Crippen molar-refractivity contribution >= 4 is 23.9 Å². The molecule has 0 aliphatic rings. The Hall–Kier alpha value is -2.94. The number of hydrogen-bond donors (Lipinski definition) is 1. The predicted molar refractivity (Wildman–Crippen MR) is 130 cm³/mol. The highest BCUT2D eigenvalue weighted by atomic mass is 16.6. The van der Waals surface area contributed by atoms with Gasteiger partial charge in [0.2, 0.25) is 0 Å². The Kier molecular flexibility index (Phi) is 14.3. The standard InChI is InChI=1S/C26H39NO8/c1-6-9-18(4)25(30)33-15-14-27-20(26(31)32-5)16-19-12-13-21(34-23(28)10-7-2)22(17-19)35-24(29)11-8-3/h12-13,17-18,20,27H,6-11,14-16H2,1-5H3/t18?,20-/m0/s1. The minimum absolute atomic E-state index is 0.118. The zero-order chi connectivity index (χ0) is 26.2. The van der Waals surface area contributed by atoms with Crippen LogP contribution in [-0.2, 0) is 35.1 Å². The molecule has 35 heavy (non-hydrogen) atoms. The van der Waals surface area contributed by atoms with Crippen LogP contribution in [0.2, 0.25) is 0 Å². The minimum atomic E-state index is -0.723. The van der Waals surface area contributed by atoms with Crippen molar-refractivity contribution in [3.05, 3.63) is 23.8 Å². The lowest BCUT2D eigenvalue weighted by Gasteiger charge is -2.18. The third kappa shape index (κ3) is 11.4. The maximum Gasteiger partial charge on any atom is 0.323 e. The summed E-state index contributed by atoms with van der Waals surface area (Å²) in [7, 11) is 1.29. The molecule has 1 N–H and O–H groups in total. The van der Waals surface area contributed by atoms with Gasteiger partial charge in [0.1, 0.15) is 12.6 Å². The molecule has 1 aromatic carbocycles. The van der Waals surface area contributed by atoms with Gasteiger partial charge in [-0.05, 0) is 43.4 Å². The molecule has 0 radical (unpaired) electrons. The van der Waals surface area contributed by atoms with Crippen molar-refractivity contribution in [2.45, 2.75) is 78.7 Å². The highest BCUT2D eigenvalue weighted by Crippen LogP contribution is 2.30. The van der Waals surface area contributed by atoms with E-state index in [1.54, 1.807) is 18.2 Å². The first kappa shape index (κ1) is 30.1. The molecule has 0 aromatic heterocycles. The van der Waals surface area contributed by atoms with Crippen LogP contribution in [0.1, 0.15) is 71.8 Å². The molecule has 0 aliphatic carbocycles. The Bertz CT molecular complexity index is 839. The van der Waals surface area contributed by atoms with Gasteiger partial charge in [-0.1, -0.05) is 40.2 Å². The largest absolute Gasteiger partial charge is 0.468 e. The normalized spacial score (nSPS) is 12.4. The molecule has 0 fully saturated rings. The number of esters is 4. The van der Waals surface area contributed by atoms with Crippen molar-refractivity contribution in [2.24, 2.45) is 5.92 Å². The molecule has 9 heteroatoms. The van der Waals surface area contributed by atoms with E-state index in [-0.39, 0.29) is 55.8 Å². The second kappa shape index (κ2) is 16.6.